The van der Waals surface area contributed by atoms with E-state index in [1.807, 2.05) is 44.2 Å². The van der Waals surface area contributed by atoms with Crippen LogP contribution in [-0.4, -0.2) is 36.4 Å². The van der Waals surface area contributed by atoms with Gasteiger partial charge in [-0.2, -0.15) is 0 Å². The standard InChI is InChI=1S/C22H25BrN2O3/c1-14-6-11-20(28-3)18(13-14)15(2)24-21(26)19-5-4-12-25(19)22(27)16-7-9-17(23)10-8-16/h6-11,13,15,19H,4-5,12H2,1-3H3,(H,24,26)/t15-,19+/m0/s1. The van der Waals surface area contributed by atoms with Crippen LogP contribution in [0.25, 0.3) is 0 Å². The molecular formula is C22H25BrN2O3. The SMILES string of the molecule is COc1ccc(C)cc1[C@H](C)NC(=O)[C@H]1CCCN1C(=O)c1ccc(Br)cc1. The summed E-state index contributed by atoms with van der Waals surface area (Å²) in [6.07, 6.45) is 1.49. The Morgan fingerprint density at radius 1 is 1.21 bits per heavy atom. The normalized spacial score (nSPS) is 17.3. The van der Waals surface area contributed by atoms with Gasteiger partial charge >= 0.3 is 0 Å². The summed E-state index contributed by atoms with van der Waals surface area (Å²) < 4.78 is 6.35. The van der Waals surface area contributed by atoms with Crippen LogP contribution in [0.1, 0.15) is 47.3 Å². The Balaban J connectivity index is 1.73. The van der Waals surface area contributed by atoms with E-state index >= 15 is 0 Å². The second kappa shape index (κ2) is 8.78. The van der Waals surface area contributed by atoms with Crippen molar-refractivity contribution in [3.05, 3.63) is 63.6 Å². The van der Waals surface area contributed by atoms with Gasteiger partial charge in [0.05, 0.1) is 13.2 Å². The molecule has 0 unspecified atom stereocenters. The van der Waals surface area contributed by atoms with Crippen molar-refractivity contribution in [3.63, 3.8) is 0 Å². The van der Waals surface area contributed by atoms with Gasteiger partial charge in [-0.05, 0) is 57.0 Å². The molecule has 1 N–H and O–H groups in total. The zero-order valence-electron chi connectivity index (χ0n) is 16.4. The fourth-order valence-electron chi connectivity index (χ4n) is 3.62. The third-order valence-corrected chi connectivity index (χ3v) is 5.65. The molecule has 0 aliphatic carbocycles. The van der Waals surface area contributed by atoms with Gasteiger partial charge in [0.15, 0.2) is 0 Å². The van der Waals surface area contributed by atoms with E-state index in [-0.39, 0.29) is 17.9 Å². The first kappa shape index (κ1) is 20.4. The van der Waals surface area contributed by atoms with Gasteiger partial charge in [-0.1, -0.05) is 33.6 Å². The predicted octanol–water partition coefficient (Wildman–Crippen LogP) is 4.25. The van der Waals surface area contributed by atoms with Gasteiger partial charge in [-0.25, -0.2) is 0 Å². The van der Waals surface area contributed by atoms with E-state index in [2.05, 4.69) is 21.2 Å². The van der Waals surface area contributed by atoms with Crippen molar-refractivity contribution in [2.24, 2.45) is 0 Å². The van der Waals surface area contributed by atoms with Gasteiger partial charge in [0.1, 0.15) is 11.8 Å². The van der Waals surface area contributed by atoms with Crippen molar-refractivity contribution in [3.8, 4) is 5.75 Å². The van der Waals surface area contributed by atoms with Crippen molar-refractivity contribution in [1.82, 2.24) is 10.2 Å². The summed E-state index contributed by atoms with van der Waals surface area (Å²) in [5.41, 5.74) is 2.63. The minimum atomic E-state index is -0.450. The van der Waals surface area contributed by atoms with Gasteiger partial charge in [0.2, 0.25) is 5.91 Å². The van der Waals surface area contributed by atoms with Crippen molar-refractivity contribution in [2.45, 2.75) is 38.8 Å². The molecule has 6 heteroatoms. The Morgan fingerprint density at radius 2 is 1.93 bits per heavy atom. The lowest BCUT2D eigenvalue weighted by atomic mass is 10.0. The maximum Gasteiger partial charge on any atom is 0.254 e. The highest BCUT2D eigenvalue weighted by molar-refractivity contribution is 9.10. The molecule has 0 radical (unpaired) electrons. The number of nitrogens with one attached hydrogen (secondary N) is 1. The first-order valence-corrected chi connectivity index (χ1v) is 10.2. The fraction of sp³-hybridized carbons (Fsp3) is 0.364. The van der Waals surface area contributed by atoms with Crippen LogP contribution in [0.15, 0.2) is 46.9 Å². The number of aryl methyl sites for hydroxylation is 1. The largest absolute Gasteiger partial charge is 0.496 e. The zero-order chi connectivity index (χ0) is 20.3. The number of rotatable bonds is 5. The number of methoxy groups -OCH3 is 1. The molecule has 28 heavy (non-hydrogen) atoms. The Morgan fingerprint density at radius 3 is 2.61 bits per heavy atom. The van der Waals surface area contributed by atoms with E-state index < -0.39 is 6.04 Å². The molecular weight excluding hydrogens is 420 g/mol. The summed E-state index contributed by atoms with van der Waals surface area (Å²) in [6, 6.07) is 12.5. The maximum atomic E-state index is 13.0. The molecule has 148 valence electrons. The van der Waals surface area contributed by atoms with Crippen LogP contribution in [-0.2, 0) is 4.79 Å². The quantitative estimate of drug-likeness (QED) is 0.749. The van der Waals surface area contributed by atoms with Crippen molar-refractivity contribution < 1.29 is 14.3 Å². The molecule has 5 nitrogen and oxygen atoms in total. The Labute approximate surface area is 174 Å². The number of halogens is 1. The lowest BCUT2D eigenvalue weighted by molar-refractivity contribution is -0.125. The van der Waals surface area contributed by atoms with Gasteiger partial charge in [0.25, 0.3) is 5.91 Å². The van der Waals surface area contributed by atoms with E-state index in [0.717, 1.165) is 27.8 Å². The van der Waals surface area contributed by atoms with Crippen LogP contribution in [0.5, 0.6) is 5.75 Å². The number of amides is 2. The highest BCUT2D eigenvalue weighted by Crippen LogP contribution is 2.27. The van der Waals surface area contributed by atoms with E-state index in [1.165, 1.54) is 0 Å². The monoisotopic (exact) mass is 444 g/mol. The average molecular weight is 445 g/mol. The minimum Gasteiger partial charge on any atom is -0.496 e. The van der Waals surface area contributed by atoms with Crippen LogP contribution in [0, 0.1) is 6.92 Å². The Kier molecular flexibility index (Phi) is 6.39. The molecule has 1 fully saturated rings. The Hall–Kier alpha value is -2.34. The average Bonchev–Trinajstić information content (AvgIpc) is 3.18. The summed E-state index contributed by atoms with van der Waals surface area (Å²) >= 11 is 3.38. The second-order valence-corrected chi connectivity index (χ2v) is 8.05. The molecule has 1 heterocycles. The zero-order valence-corrected chi connectivity index (χ0v) is 18.0. The molecule has 1 aliphatic heterocycles. The lowest BCUT2D eigenvalue weighted by Gasteiger charge is -2.26. The molecule has 0 bridgehead atoms. The maximum absolute atomic E-state index is 13.0. The van der Waals surface area contributed by atoms with Crippen LogP contribution >= 0.6 is 15.9 Å². The second-order valence-electron chi connectivity index (χ2n) is 7.14. The van der Waals surface area contributed by atoms with Gasteiger partial charge in [0, 0.05) is 22.1 Å². The summed E-state index contributed by atoms with van der Waals surface area (Å²) in [4.78, 5) is 27.5. The Bertz CT molecular complexity index is 867. The molecule has 0 saturated carbocycles. The molecule has 2 amide bonds. The predicted molar refractivity (Wildman–Crippen MR) is 112 cm³/mol. The summed E-state index contributed by atoms with van der Waals surface area (Å²) in [6.45, 7) is 4.53. The van der Waals surface area contributed by atoms with Crippen LogP contribution in [0.4, 0.5) is 0 Å². The summed E-state index contributed by atoms with van der Waals surface area (Å²) in [5.74, 6) is 0.512. The molecule has 1 aliphatic rings. The molecule has 1 saturated heterocycles. The number of carbonyl (C=O) groups is 2. The summed E-state index contributed by atoms with van der Waals surface area (Å²) in [7, 11) is 1.62. The van der Waals surface area contributed by atoms with E-state index in [0.29, 0.717) is 18.5 Å². The molecule has 2 aromatic carbocycles. The number of likely N-dealkylation sites (tertiary alicyclic amines) is 1. The van der Waals surface area contributed by atoms with Gasteiger partial charge in [-0.15, -0.1) is 0 Å². The van der Waals surface area contributed by atoms with Crippen LogP contribution in [0.2, 0.25) is 0 Å². The fourth-order valence-corrected chi connectivity index (χ4v) is 3.88. The lowest BCUT2D eigenvalue weighted by Crippen LogP contribution is -2.46. The number of hydrogen-bond donors (Lipinski definition) is 1. The van der Waals surface area contributed by atoms with Crippen LogP contribution in [0.3, 0.4) is 0 Å². The van der Waals surface area contributed by atoms with E-state index in [9.17, 15) is 9.59 Å². The molecule has 0 spiro atoms. The smallest absolute Gasteiger partial charge is 0.254 e. The molecule has 2 atom stereocenters. The summed E-state index contributed by atoms with van der Waals surface area (Å²) in [5, 5.41) is 3.07. The third-order valence-electron chi connectivity index (χ3n) is 5.12. The van der Waals surface area contributed by atoms with E-state index in [4.69, 9.17) is 4.74 Å². The van der Waals surface area contributed by atoms with Crippen molar-refractivity contribution >= 4 is 27.7 Å². The van der Waals surface area contributed by atoms with Crippen molar-refractivity contribution in [1.29, 1.82) is 0 Å². The number of ether oxygens (including phenoxy) is 1. The van der Waals surface area contributed by atoms with Gasteiger partial charge in [-0.3, -0.25) is 9.59 Å². The minimum absolute atomic E-state index is 0.106. The van der Waals surface area contributed by atoms with Crippen molar-refractivity contribution in [2.75, 3.05) is 13.7 Å². The highest BCUT2D eigenvalue weighted by atomic mass is 79.9. The van der Waals surface area contributed by atoms with E-state index in [1.54, 1.807) is 24.1 Å². The number of nitrogens with zero attached hydrogens (tertiary/aromatic N) is 1. The molecule has 0 aromatic heterocycles. The first-order chi connectivity index (χ1) is 13.4. The van der Waals surface area contributed by atoms with Crippen LogP contribution < -0.4 is 10.1 Å². The third kappa shape index (κ3) is 4.38. The number of benzene rings is 2. The highest BCUT2D eigenvalue weighted by Gasteiger charge is 2.35. The number of hydrogen-bond acceptors (Lipinski definition) is 3. The topological polar surface area (TPSA) is 58.6 Å². The molecule has 2 aromatic rings. The first-order valence-electron chi connectivity index (χ1n) is 9.42. The van der Waals surface area contributed by atoms with Gasteiger partial charge < -0.3 is 15.0 Å². The number of carbonyl (C=O) groups excluding carboxylic acids is 2. The molecule has 3 rings (SSSR count).